The number of fused-ring (bicyclic) bond motifs is 1. The fraction of sp³-hybridized carbons (Fsp3) is 0.381. The van der Waals surface area contributed by atoms with Gasteiger partial charge in [-0.2, -0.15) is 0 Å². The molecule has 0 aliphatic heterocycles. The van der Waals surface area contributed by atoms with Crippen molar-refractivity contribution < 1.29 is 4.74 Å². The molecule has 0 amide bonds. The number of benzene rings is 2. The van der Waals surface area contributed by atoms with Crippen LogP contribution in [0.15, 0.2) is 42.7 Å². The molecule has 0 aliphatic carbocycles. The van der Waals surface area contributed by atoms with E-state index in [-0.39, 0.29) is 5.41 Å². The minimum Gasteiger partial charge on any atom is -0.492 e. The molecule has 3 nitrogen and oxygen atoms in total. The monoisotopic (exact) mass is 322 g/mol. The summed E-state index contributed by atoms with van der Waals surface area (Å²) in [5.41, 5.74) is 6.29. The topological polar surface area (TPSA) is 27.1 Å². The normalized spacial score (nSPS) is 11.9. The van der Waals surface area contributed by atoms with Gasteiger partial charge in [-0.05, 0) is 60.2 Å². The van der Waals surface area contributed by atoms with Gasteiger partial charge in [0.15, 0.2) is 0 Å². The highest BCUT2D eigenvalue weighted by Gasteiger charge is 2.13. The molecular weight excluding hydrogens is 296 g/mol. The van der Waals surface area contributed by atoms with Crippen LogP contribution >= 0.6 is 0 Å². The Kier molecular flexibility index (Phi) is 4.35. The van der Waals surface area contributed by atoms with Crippen LogP contribution in [0.2, 0.25) is 0 Å². The third-order valence-corrected chi connectivity index (χ3v) is 4.56. The first-order chi connectivity index (χ1) is 11.3. The summed E-state index contributed by atoms with van der Waals surface area (Å²) in [5, 5.41) is 0. The molecule has 0 aliphatic rings. The molecule has 3 rings (SSSR count). The van der Waals surface area contributed by atoms with Crippen molar-refractivity contribution in [3.63, 3.8) is 0 Å². The number of imidazole rings is 1. The number of hydrogen-bond donors (Lipinski definition) is 0. The summed E-state index contributed by atoms with van der Waals surface area (Å²) >= 11 is 0. The smallest absolute Gasteiger partial charge is 0.119 e. The maximum atomic E-state index is 5.90. The van der Waals surface area contributed by atoms with Crippen molar-refractivity contribution in [1.82, 2.24) is 9.55 Å². The molecule has 2 aromatic carbocycles. The molecule has 0 saturated carbocycles. The largest absolute Gasteiger partial charge is 0.492 e. The van der Waals surface area contributed by atoms with E-state index in [4.69, 9.17) is 4.74 Å². The number of aromatic nitrogens is 2. The first-order valence-corrected chi connectivity index (χ1v) is 8.50. The van der Waals surface area contributed by atoms with E-state index in [1.54, 1.807) is 0 Å². The molecule has 0 atom stereocenters. The van der Waals surface area contributed by atoms with E-state index in [2.05, 4.69) is 80.6 Å². The van der Waals surface area contributed by atoms with Crippen LogP contribution in [0.25, 0.3) is 11.0 Å². The highest BCUT2D eigenvalue weighted by molar-refractivity contribution is 5.77. The predicted molar refractivity (Wildman–Crippen MR) is 99.8 cm³/mol. The van der Waals surface area contributed by atoms with Crippen LogP contribution in [0.3, 0.4) is 0 Å². The first kappa shape index (κ1) is 16.6. The van der Waals surface area contributed by atoms with Crippen molar-refractivity contribution in [2.75, 3.05) is 6.61 Å². The number of hydrogen-bond acceptors (Lipinski definition) is 2. The second-order valence-electron chi connectivity index (χ2n) is 7.49. The summed E-state index contributed by atoms with van der Waals surface area (Å²) in [7, 11) is 0. The van der Waals surface area contributed by atoms with Crippen molar-refractivity contribution >= 4 is 11.0 Å². The van der Waals surface area contributed by atoms with Gasteiger partial charge in [-0.15, -0.1) is 0 Å². The molecular formula is C21H26N2O. The van der Waals surface area contributed by atoms with E-state index in [1.165, 1.54) is 22.2 Å². The number of nitrogens with zero attached hydrogens (tertiary/aromatic N) is 2. The molecule has 126 valence electrons. The van der Waals surface area contributed by atoms with Gasteiger partial charge in [0.25, 0.3) is 0 Å². The third-order valence-electron chi connectivity index (χ3n) is 4.56. The molecule has 0 radical (unpaired) electrons. The van der Waals surface area contributed by atoms with Crippen LogP contribution in [0.5, 0.6) is 5.75 Å². The zero-order chi connectivity index (χ0) is 17.3. The lowest BCUT2D eigenvalue weighted by molar-refractivity contribution is 0.300. The van der Waals surface area contributed by atoms with Crippen molar-refractivity contribution in [3.8, 4) is 5.75 Å². The minimum absolute atomic E-state index is 0.171. The Morgan fingerprint density at radius 2 is 1.67 bits per heavy atom. The molecule has 3 heteroatoms. The Morgan fingerprint density at radius 3 is 2.33 bits per heavy atom. The van der Waals surface area contributed by atoms with Crippen LogP contribution in [0, 0.1) is 13.8 Å². The second-order valence-corrected chi connectivity index (χ2v) is 7.49. The zero-order valence-electron chi connectivity index (χ0n) is 15.3. The Labute approximate surface area is 144 Å². The van der Waals surface area contributed by atoms with Gasteiger partial charge < -0.3 is 9.30 Å². The van der Waals surface area contributed by atoms with Gasteiger partial charge >= 0.3 is 0 Å². The molecule has 1 aromatic heterocycles. The molecule has 24 heavy (non-hydrogen) atoms. The number of rotatable bonds is 4. The van der Waals surface area contributed by atoms with Gasteiger partial charge in [0.2, 0.25) is 0 Å². The maximum absolute atomic E-state index is 5.90. The third kappa shape index (κ3) is 3.45. The van der Waals surface area contributed by atoms with Crippen molar-refractivity contribution in [1.29, 1.82) is 0 Å². The summed E-state index contributed by atoms with van der Waals surface area (Å²) in [6.07, 6.45) is 1.90. The molecule has 0 unspecified atom stereocenters. The van der Waals surface area contributed by atoms with E-state index in [0.717, 1.165) is 17.8 Å². The van der Waals surface area contributed by atoms with Crippen LogP contribution in [0.4, 0.5) is 0 Å². The van der Waals surface area contributed by atoms with E-state index in [1.807, 2.05) is 6.33 Å². The summed E-state index contributed by atoms with van der Waals surface area (Å²) in [4.78, 5) is 4.49. The lowest BCUT2D eigenvalue weighted by Crippen LogP contribution is -2.11. The molecule has 1 heterocycles. The SMILES string of the molecule is Cc1cc2ncn(CCOc3ccc(C(C)(C)C)cc3)c2cc1C. The quantitative estimate of drug-likeness (QED) is 0.673. The molecule has 0 fully saturated rings. The zero-order valence-corrected chi connectivity index (χ0v) is 15.3. The average molecular weight is 322 g/mol. The van der Waals surface area contributed by atoms with Gasteiger partial charge in [0, 0.05) is 0 Å². The fourth-order valence-electron chi connectivity index (χ4n) is 2.80. The summed E-state index contributed by atoms with van der Waals surface area (Å²) in [6.45, 7) is 12.3. The van der Waals surface area contributed by atoms with Gasteiger partial charge in [-0.25, -0.2) is 4.98 Å². The standard InChI is InChI=1S/C21H26N2O/c1-15-12-19-20(13-16(15)2)23(14-22-19)10-11-24-18-8-6-17(7-9-18)21(3,4)5/h6-9,12-14H,10-11H2,1-5H3. The Morgan fingerprint density at radius 1 is 1.00 bits per heavy atom. The first-order valence-electron chi connectivity index (χ1n) is 8.50. The van der Waals surface area contributed by atoms with Gasteiger partial charge in [-0.3, -0.25) is 0 Å². The lowest BCUT2D eigenvalue weighted by Gasteiger charge is -2.19. The Hall–Kier alpha value is -2.29. The minimum atomic E-state index is 0.171. The van der Waals surface area contributed by atoms with Crippen molar-refractivity contribution in [2.45, 2.75) is 46.6 Å². The number of ether oxygens (including phenoxy) is 1. The molecule has 0 saturated heterocycles. The van der Waals surface area contributed by atoms with Gasteiger partial charge in [0.05, 0.1) is 23.9 Å². The van der Waals surface area contributed by atoms with Crippen molar-refractivity contribution in [2.24, 2.45) is 0 Å². The van der Waals surface area contributed by atoms with Gasteiger partial charge in [-0.1, -0.05) is 32.9 Å². The Bertz CT molecular complexity index is 839. The summed E-state index contributed by atoms with van der Waals surface area (Å²) in [5.74, 6) is 0.916. The summed E-state index contributed by atoms with van der Waals surface area (Å²) < 4.78 is 8.06. The fourth-order valence-corrected chi connectivity index (χ4v) is 2.80. The predicted octanol–water partition coefficient (Wildman–Crippen LogP) is 5.03. The van der Waals surface area contributed by atoms with Crippen LogP contribution in [0.1, 0.15) is 37.5 Å². The Balaban J connectivity index is 1.65. The molecule has 3 aromatic rings. The molecule has 0 spiro atoms. The molecule has 0 bridgehead atoms. The average Bonchev–Trinajstić information content (AvgIpc) is 2.90. The highest BCUT2D eigenvalue weighted by atomic mass is 16.5. The summed E-state index contributed by atoms with van der Waals surface area (Å²) in [6, 6.07) is 12.8. The van der Waals surface area contributed by atoms with E-state index < -0.39 is 0 Å². The van der Waals surface area contributed by atoms with E-state index in [9.17, 15) is 0 Å². The highest BCUT2D eigenvalue weighted by Crippen LogP contribution is 2.24. The maximum Gasteiger partial charge on any atom is 0.119 e. The van der Waals surface area contributed by atoms with E-state index >= 15 is 0 Å². The molecule has 0 N–H and O–H groups in total. The van der Waals surface area contributed by atoms with E-state index in [0.29, 0.717) is 6.61 Å². The van der Waals surface area contributed by atoms with Crippen molar-refractivity contribution in [3.05, 3.63) is 59.4 Å². The second kappa shape index (κ2) is 6.31. The van der Waals surface area contributed by atoms with Gasteiger partial charge in [0.1, 0.15) is 12.4 Å². The van der Waals surface area contributed by atoms with Crippen LogP contribution in [-0.4, -0.2) is 16.2 Å². The lowest BCUT2D eigenvalue weighted by atomic mass is 9.87. The number of aryl methyl sites for hydroxylation is 2. The van der Waals surface area contributed by atoms with Crippen LogP contribution < -0.4 is 4.74 Å². The van der Waals surface area contributed by atoms with Crippen LogP contribution in [-0.2, 0) is 12.0 Å².